The smallest absolute Gasteiger partial charge is 0.226 e. The zero-order valence-corrected chi connectivity index (χ0v) is 19.9. The molecular formula is C25H26N4O3S. The lowest BCUT2D eigenvalue weighted by Gasteiger charge is -2.24. The minimum Gasteiger partial charge on any atom is -0.497 e. The van der Waals surface area contributed by atoms with E-state index in [0.29, 0.717) is 29.9 Å². The van der Waals surface area contributed by atoms with E-state index >= 15 is 0 Å². The average molecular weight is 463 g/mol. The van der Waals surface area contributed by atoms with Crippen LogP contribution in [0.1, 0.15) is 43.0 Å². The fourth-order valence-corrected chi connectivity index (χ4v) is 5.09. The van der Waals surface area contributed by atoms with Gasteiger partial charge in [-0.2, -0.15) is 9.78 Å². The Morgan fingerprint density at radius 3 is 2.67 bits per heavy atom. The van der Waals surface area contributed by atoms with Crippen LogP contribution < -0.4 is 14.8 Å². The third-order valence-corrected chi connectivity index (χ3v) is 6.73. The molecule has 2 aromatic carbocycles. The monoisotopic (exact) mass is 462 g/mol. The highest BCUT2D eigenvalue weighted by atomic mass is 32.1. The number of thiazole rings is 1. The summed E-state index contributed by atoms with van der Waals surface area (Å²) in [6, 6.07) is 13.8. The molecular weight excluding hydrogens is 436 g/mol. The molecule has 1 atom stereocenters. The number of nitrogens with one attached hydrogen (secondary N) is 1. The van der Waals surface area contributed by atoms with E-state index in [0.717, 1.165) is 38.5 Å². The summed E-state index contributed by atoms with van der Waals surface area (Å²) in [5, 5.41) is 8.52. The van der Waals surface area contributed by atoms with Crippen molar-refractivity contribution in [3.63, 3.8) is 0 Å². The second-order valence-corrected chi connectivity index (χ2v) is 9.68. The molecule has 0 radical (unpaired) electrons. The number of aromatic nitrogens is 3. The van der Waals surface area contributed by atoms with Crippen LogP contribution in [0, 0.1) is 12.8 Å². The summed E-state index contributed by atoms with van der Waals surface area (Å²) < 4.78 is 13.9. The molecule has 1 N–H and O–H groups in total. The van der Waals surface area contributed by atoms with Crippen molar-refractivity contribution in [3.05, 3.63) is 59.3 Å². The highest BCUT2D eigenvalue weighted by Crippen LogP contribution is 2.41. The zero-order valence-electron chi connectivity index (χ0n) is 19.1. The van der Waals surface area contributed by atoms with Gasteiger partial charge in [0.25, 0.3) is 0 Å². The first-order valence-electron chi connectivity index (χ1n) is 11.0. The van der Waals surface area contributed by atoms with Gasteiger partial charge in [0.05, 0.1) is 29.6 Å². The summed E-state index contributed by atoms with van der Waals surface area (Å²) >= 11 is 1.52. The molecule has 0 unspecified atom stereocenters. The van der Waals surface area contributed by atoms with Crippen molar-refractivity contribution in [1.82, 2.24) is 14.8 Å². The average Bonchev–Trinajstić information content (AvgIpc) is 3.37. The molecule has 0 saturated carbocycles. The van der Waals surface area contributed by atoms with Gasteiger partial charge in [-0.3, -0.25) is 4.79 Å². The maximum Gasteiger partial charge on any atom is 0.226 e. The van der Waals surface area contributed by atoms with Gasteiger partial charge in [0.15, 0.2) is 0 Å². The lowest BCUT2D eigenvalue weighted by atomic mass is 9.86. The van der Waals surface area contributed by atoms with Gasteiger partial charge in [-0.15, -0.1) is 0 Å². The van der Waals surface area contributed by atoms with Crippen LogP contribution >= 0.6 is 11.3 Å². The number of rotatable bonds is 6. The number of carbonyl (C=O) groups excluding carboxylic acids is 1. The standard InChI is InChI=1S/C25H26N4O3S/c1-14(2)13-32-17-7-5-16(6-8-17)19-12-22(30)27-24-23(19)15(3)28-29(24)25-26-20-10-9-18(31-4)11-21(20)33-25/h5-11,14,19H,12-13H2,1-4H3,(H,27,30)/t19-/m1/s1. The third kappa shape index (κ3) is 4.06. The number of ether oxygens (including phenoxy) is 2. The van der Waals surface area contributed by atoms with E-state index in [2.05, 4.69) is 19.2 Å². The Hall–Kier alpha value is -3.39. The predicted molar refractivity (Wildman–Crippen MR) is 130 cm³/mol. The van der Waals surface area contributed by atoms with E-state index in [-0.39, 0.29) is 11.8 Å². The van der Waals surface area contributed by atoms with Gasteiger partial charge in [0, 0.05) is 17.9 Å². The van der Waals surface area contributed by atoms with E-state index in [1.165, 1.54) is 11.3 Å². The summed E-state index contributed by atoms with van der Waals surface area (Å²) in [4.78, 5) is 17.4. The minimum atomic E-state index is -0.0730. The van der Waals surface area contributed by atoms with Crippen molar-refractivity contribution < 1.29 is 14.3 Å². The number of carbonyl (C=O) groups is 1. The molecule has 2 aromatic heterocycles. The van der Waals surface area contributed by atoms with Crippen LogP contribution in [0.4, 0.5) is 5.82 Å². The molecule has 4 aromatic rings. The van der Waals surface area contributed by atoms with Gasteiger partial charge in [-0.25, -0.2) is 4.98 Å². The molecule has 0 fully saturated rings. The molecule has 1 aliphatic heterocycles. The van der Waals surface area contributed by atoms with E-state index in [4.69, 9.17) is 19.6 Å². The normalized spacial score (nSPS) is 15.5. The van der Waals surface area contributed by atoms with Crippen molar-refractivity contribution in [3.8, 4) is 16.6 Å². The molecule has 7 nitrogen and oxygen atoms in total. The summed E-state index contributed by atoms with van der Waals surface area (Å²) in [5.74, 6) is 2.68. The number of benzene rings is 2. The van der Waals surface area contributed by atoms with Gasteiger partial charge in [0.2, 0.25) is 11.0 Å². The molecule has 33 heavy (non-hydrogen) atoms. The molecule has 1 aliphatic rings. The second kappa shape index (κ2) is 8.51. The van der Waals surface area contributed by atoms with Crippen molar-refractivity contribution >= 4 is 33.3 Å². The molecule has 8 heteroatoms. The van der Waals surface area contributed by atoms with Gasteiger partial charge in [0.1, 0.15) is 17.3 Å². The third-order valence-electron chi connectivity index (χ3n) is 5.73. The SMILES string of the molecule is COc1ccc2nc(-n3nc(C)c4c3NC(=O)C[C@@H]4c3ccc(OCC(C)C)cc3)sc2c1. The van der Waals surface area contributed by atoms with Crippen LogP contribution in [-0.4, -0.2) is 34.4 Å². The van der Waals surface area contributed by atoms with Gasteiger partial charge >= 0.3 is 0 Å². The number of nitrogens with zero attached hydrogens (tertiary/aromatic N) is 3. The lowest BCUT2D eigenvalue weighted by molar-refractivity contribution is -0.116. The maximum atomic E-state index is 12.7. The van der Waals surface area contributed by atoms with Gasteiger partial charge in [-0.1, -0.05) is 37.3 Å². The zero-order chi connectivity index (χ0) is 23.1. The minimum absolute atomic E-state index is 0.0310. The Balaban J connectivity index is 1.52. The van der Waals surface area contributed by atoms with E-state index in [1.807, 2.05) is 49.4 Å². The number of amides is 1. The molecule has 0 spiro atoms. The highest BCUT2D eigenvalue weighted by molar-refractivity contribution is 7.20. The molecule has 1 amide bonds. The predicted octanol–water partition coefficient (Wildman–Crippen LogP) is 5.31. The van der Waals surface area contributed by atoms with Crippen molar-refractivity contribution in [2.24, 2.45) is 5.92 Å². The van der Waals surface area contributed by atoms with E-state index < -0.39 is 0 Å². The summed E-state index contributed by atoms with van der Waals surface area (Å²) in [7, 11) is 1.65. The fraction of sp³-hybridized carbons (Fsp3) is 0.320. The van der Waals surface area contributed by atoms with Crippen molar-refractivity contribution in [1.29, 1.82) is 0 Å². The molecule has 0 saturated heterocycles. The van der Waals surface area contributed by atoms with Crippen LogP contribution in [0.5, 0.6) is 11.5 Å². The Kier molecular flexibility index (Phi) is 5.54. The lowest BCUT2D eigenvalue weighted by Crippen LogP contribution is -2.24. The highest BCUT2D eigenvalue weighted by Gasteiger charge is 2.33. The molecule has 0 aliphatic carbocycles. The molecule has 0 bridgehead atoms. The van der Waals surface area contributed by atoms with Crippen LogP contribution in [0.15, 0.2) is 42.5 Å². The van der Waals surface area contributed by atoms with Crippen LogP contribution in [-0.2, 0) is 4.79 Å². The molecule has 170 valence electrons. The van der Waals surface area contributed by atoms with E-state index in [1.54, 1.807) is 11.8 Å². The molecule has 5 rings (SSSR count). The van der Waals surface area contributed by atoms with E-state index in [9.17, 15) is 4.79 Å². The van der Waals surface area contributed by atoms with Crippen LogP contribution in [0.2, 0.25) is 0 Å². The first-order valence-corrected chi connectivity index (χ1v) is 11.8. The Morgan fingerprint density at radius 1 is 1.18 bits per heavy atom. The molecule has 3 heterocycles. The topological polar surface area (TPSA) is 78.3 Å². The maximum absolute atomic E-state index is 12.7. The Bertz CT molecular complexity index is 1320. The van der Waals surface area contributed by atoms with Crippen LogP contribution in [0.3, 0.4) is 0 Å². The number of fused-ring (bicyclic) bond motifs is 2. The first kappa shape index (κ1) is 21.5. The quantitative estimate of drug-likeness (QED) is 0.420. The van der Waals surface area contributed by atoms with Gasteiger partial charge < -0.3 is 14.8 Å². The van der Waals surface area contributed by atoms with Gasteiger partial charge in [-0.05, 0) is 48.7 Å². The van der Waals surface area contributed by atoms with Crippen molar-refractivity contribution in [2.75, 3.05) is 19.0 Å². The number of methoxy groups -OCH3 is 1. The first-order chi connectivity index (χ1) is 15.9. The van der Waals surface area contributed by atoms with Crippen molar-refractivity contribution in [2.45, 2.75) is 33.1 Å². The summed E-state index contributed by atoms with van der Waals surface area (Å²) in [6.07, 6.45) is 0.378. The Morgan fingerprint density at radius 2 is 1.94 bits per heavy atom. The summed E-state index contributed by atoms with van der Waals surface area (Å²) in [5.41, 5.74) is 3.85. The number of aryl methyl sites for hydroxylation is 1. The largest absolute Gasteiger partial charge is 0.497 e. The number of anilines is 1. The second-order valence-electron chi connectivity index (χ2n) is 8.67. The fourth-order valence-electron chi connectivity index (χ4n) is 4.14. The number of hydrogen-bond donors (Lipinski definition) is 1. The van der Waals surface area contributed by atoms with Crippen LogP contribution in [0.25, 0.3) is 15.3 Å². The Labute approximate surface area is 196 Å². The summed E-state index contributed by atoms with van der Waals surface area (Å²) in [6.45, 7) is 6.91. The number of hydrogen-bond acceptors (Lipinski definition) is 6.